The third-order valence-electron chi connectivity index (χ3n) is 7.04. The zero-order chi connectivity index (χ0) is 31.5. The number of hydrogen-bond acceptors (Lipinski definition) is 9. The van der Waals surface area contributed by atoms with Gasteiger partial charge in [0.1, 0.15) is 34.3 Å². The Morgan fingerprint density at radius 1 is 1.05 bits per heavy atom. The number of hydrogen-bond donors (Lipinski definition) is 3. The van der Waals surface area contributed by atoms with Gasteiger partial charge in [-0.25, -0.2) is 13.8 Å². The lowest BCUT2D eigenvalue weighted by molar-refractivity contribution is -0.137. The number of rotatable bonds is 3. The molecule has 1 aromatic carbocycles. The average Bonchev–Trinajstić information content (AvgIpc) is 2.99. The van der Waals surface area contributed by atoms with Crippen LogP contribution in [0.5, 0.6) is 11.9 Å². The zero-order valence-corrected chi connectivity index (χ0v) is 25.1. The lowest BCUT2D eigenvalue weighted by Crippen LogP contribution is -2.28. The molecular formula is C28H35F5N6O3S. The molecule has 2 aromatic heterocycles. The lowest BCUT2D eigenvalue weighted by Gasteiger charge is -2.23. The van der Waals surface area contributed by atoms with Gasteiger partial charge < -0.3 is 25.8 Å². The second-order valence-electron chi connectivity index (χ2n) is 10.0. The molecule has 0 amide bonds. The van der Waals surface area contributed by atoms with E-state index in [-0.39, 0.29) is 34.7 Å². The van der Waals surface area contributed by atoms with E-state index < -0.39 is 62.8 Å². The van der Waals surface area contributed by atoms with Gasteiger partial charge in [-0.15, -0.1) is 0 Å². The summed E-state index contributed by atoms with van der Waals surface area (Å²) in [4.78, 5) is 12.9. The first kappa shape index (κ1) is 32.6. The van der Waals surface area contributed by atoms with Crippen LogP contribution in [0.2, 0.25) is 0 Å². The Bertz CT molecular complexity index is 1500. The van der Waals surface area contributed by atoms with Crippen LogP contribution in [0.1, 0.15) is 51.2 Å². The van der Waals surface area contributed by atoms with Crippen molar-refractivity contribution in [1.82, 2.24) is 20.3 Å². The summed E-state index contributed by atoms with van der Waals surface area (Å²) in [7, 11) is -0.951. The number of nitrogens with two attached hydrogens (primary N) is 1. The highest BCUT2D eigenvalue weighted by Gasteiger charge is 2.39. The van der Waals surface area contributed by atoms with E-state index in [0.717, 1.165) is 6.92 Å². The number of anilines is 2. The van der Waals surface area contributed by atoms with Gasteiger partial charge in [0.2, 0.25) is 5.88 Å². The van der Waals surface area contributed by atoms with Gasteiger partial charge in [0, 0.05) is 41.0 Å². The fraction of sp³-hybridized carbons (Fsp3) is 0.536. The molecule has 5 rings (SSSR count). The SMILES string of the molecule is CC.Cc1c(F)c(N)cc(-c2nc3c4c(nc(OC5CCS(=O)CC5)nc4c2F)NCCNCCC(C)O3)c1C(F)(F)F. The summed E-state index contributed by atoms with van der Waals surface area (Å²) in [6, 6.07) is 0.509. The second-order valence-corrected chi connectivity index (χ2v) is 11.7. The van der Waals surface area contributed by atoms with E-state index in [9.17, 15) is 21.8 Å². The first-order valence-corrected chi connectivity index (χ1v) is 15.6. The number of aromatic nitrogens is 3. The molecule has 15 heteroatoms. The molecule has 1 saturated heterocycles. The van der Waals surface area contributed by atoms with Gasteiger partial charge in [0.25, 0.3) is 0 Å². The Hall–Kier alpha value is -3.33. The maximum atomic E-state index is 16.4. The van der Waals surface area contributed by atoms with Crippen LogP contribution in [0.15, 0.2) is 6.07 Å². The second kappa shape index (κ2) is 13.5. The fourth-order valence-electron chi connectivity index (χ4n) is 4.92. The van der Waals surface area contributed by atoms with Gasteiger partial charge >= 0.3 is 12.2 Å². The smallest absolute Gasteiger partial charge is 0.417 e. The monoisotopic (exact) mass is 630 g/mol. The maximum Gasteiger partial charge on any atom is 0.417 e. The van der Waals surface area contributed by atoms with E-state index in [1.54, 1.807) is 6.92 Å². The summed E-state index contributed by atoms with van der Waals surface area (Å²) < 4.78 is 97.3. The topological polar surface area (TPSA) is 124 Å². The molecule has 236 valence electrons. The summed E-state index contributed by atoms with van der Waals surface area (Å²) in [6.07, 6.45) is -4.43. The highest BCUT2D eigenvalue weighted by Crippen LogP contribution is 2.44. The normalized spacial score (nSPS) is 21.1. The lowest BCUT2D eigenvalue weighted by atomic mass is 9.96. The number of ether oxygens (including phenoxy) is 2. The number of halogens is 5. The summed E-state index contributed by atoms with van der Waals surface area (Å²) in [5.74, 6) is -1.67. The van der Waals surface area contributed by atoms with E-state index in [1.807, 2.05) is 13.8 Å². The van der Waals surface area contributed by atoms with Crippen molar-refractivity contribution in [3.8, 4) is 23.1 Å². The van der Waals surface area contributed by atoms with Crippen LogP contribution in [-0.4, -0.2) is 62.5 Å². The minimum Gasteiger partial charge on any atom is -0.474 e. The van der Waals surface area contributed by atoms with Gasteiger partial charge in [-0.05, 0) is 51.3 Å². The molecule has 4 heterocycles. The molecule has 0 saturated carbocycles. The number of nitrogen functional groups attached to an aromatic ring is 1. The third-order valence-corrected chi connectivity index (χ3v) is 8.42. The van der Waals surface area contributed by atoms with Crippen molar-refractivity contribution in [3.63, 3.8) is 0 Å². The highest BCUT2D eigenvalue weighted by atomic mass is 32.2. The van der Waals surface area contributed by atoms with Crippen LogP contribution in [-0.2, 0) is 17.0 Å². The van der Waals surface area contributed by atoms with E-state index in [2.05, 4.69) is 25.6 Å². The van der Waals surface area contributed by atoms with Gasteiger partial charge in [0.15, 0.2) is 5.82 Å². The summed E-state index contributed by atoms with van der Waals surface area (Å²) in [5, 5.41) is 6.35. The maximum absolute atomic E-state index is 16.4. The van der Waals surface area contributed by atoms with Crippen LogP contribution in [0, 0.1) is 18.6 Å². The van der Waals surface area contributed by atoms with E-state index in [4.69, 9.17) is 15.2 Å². The van der Waals surface area contributed by atoms with Crippen molar-refractivity contribution in [2.45, 2.75) is 65.3 Å². The van der Waals surface area contributed by atoms with E-state index in [0.29, 0.717) is 56.5 Å². The molecule has 1 fully saturated rings. The quantitative estimate of drug-likeness (QED) is 0.259. The van der Waals surface area contributed by atoms with E-state index in [1.165, 1.54) is 0 Å². The Morgan fingerprint density at radius 2 is 1.74 bits per heavy atom. The Balaban J connectivity index is 0.00000207. The molecule has 9 nitrogen and oxygen atoms in total. The van der Waals surface area contributed by atoms with E-state index >= 15 is 4.39 Å². The minimum atomic E-state index is -5.05. The molecule has 4 N–H and O–H groups in total. The fourth-order valence-corrected chi connectivity index (χ4v) is 6.18. The van der Waals surface area contributed by atoms with Crippen molar-refractivity contribution >= 4 is 33.2 Å². The summed E-state index contributed by atoms with van der Waals surface area (Å²) >= 11 is 0. The predicted molar refractivity (Wildman–Crippen MR) is 156 cm³/mol. The first-order chi connectivity index (χ1) is 20.4. The van der Waals surface area contributed by atoms with Crippen molar-refractivity contribution in [2.75, 3.05) is 42.2 Å². The zero-order valence-electron chi connectivity index (χ0n) is 24.3. The predicted octanol–water partition coefficient (Wildman–Crippen LogP) is 5.37. The van der Waals surface area contributed by atoms with Crippen LogP contribution >= 0.6 is 0 Å². The van der Waals surface area contributed by atoms with Crippen LogP contribution in [0.3, 0.4) is 0 Å². The molecule has 0 bridgehead atoms. The van der Waals surface area contributed by atoms with Gasteiger partial charge in [-0.3, -0.25) is 4.21 Å². The van der Waals surface area contributed by atoms with Gasteiger partial charge in [-0.1, -0.05) is 13.8 Å². The molecule has 3 aromatic rings. The number of alkyl halides is 3. The van der Waals surface area contributed by atoms with Crippen molar-refractivity contribution in [3.05, 3.63) is 28.8 Å². The first-order valence-electron chi connectivity index (χ1n) is 14.1. The van der Waals surface area contributed by atoms with Crippen molar-refractivity contribution in [2.24, 2.45) is 0 Å². The molecule has 0 aliphatic carbocycles. The summed E-state index contributed by atoms with van der Waals surface area (Å²) in [5.41, 5.74) is 1.02. The molecule has 0 radical (unpaired) electrons. The third kappa shape index (κ3) is 7.08. The number of benzene rings is 1. The molecule has 0 spiro atoms. The van der Waals surface area contributed by atoms with Crippen molar-refractivity contribution in [1.29, 1.82) is 0 Å². The highest BCUT2D eigenvalue weighted by molar-refractivity contribution is 7.85. The van der Waals surface area contributed by atoms with Crippen LogP contribution < -0.4 is 25.8 Å². The Labute approximate surface area is 248 Å². The standard InChI is InChI=1S/C26H29F5N6O3S.C2H6/c1-12-3-6-33-7-8-34-23-17-22(36-25(37-23)40-14-4-9-41(38)10-5-14)20(28)21(35-24(17)39-12)15-11-16(32)19(27)13(2)18(15)26(29,30)31;1-2/h11-12,14,33H,3-10,32H2,1-2H3,(H,34,36,37);1-2H3. The molecular weight excluding hydrogens is 595 g/mol. The van der Waals surface area contributed by atoms with Crippen LogP contribution in [0.4, 0.5) is 33.5 Å². The number of nitrogens with zero attached hydrogens (tertiary/aromatic N) is 3. The molecule has 2 aliphatic rings. The molecule has 1 atom stereocenters. The molecule has 1 unspecified atom stereocenters. The van der Waals surface area contributed by atoms with Gasteiger partial charge in [0.05, 0.1) is 17.4 Å². The Morgan fingerprint density at radius 3 is 2.42 bits per heavy atom. The number of nitrogens with one attached hydrogen (secondary N) is 2. The minimum absolute atomic E-state index is 0.0254. The largest absolute Gasteiger partial charge is 0.474 e. The van der Waals surface area contributed by atoms with Crippen molar-refractivity contribution < 1.29 is 35.6 Å². The summed E-state index contributed by atoms with van der Waals surface area (Å²) in [6.45, 7) is 8.15. The Kier molecular flexibility index (Phi) is 10.3. The molecule has 43 heavy (non-hydrogen) atoms. The average molecular weight is 631 g/mol. The van der Waals surface area contributed by atoms with Crippen LogP contribution in [0.25, 0.3) is 22.2 Å². The molecule has 2 aliphatic heterocycles. The van der Waals surface area contributed by atoms with Gasteiger partial charge in [-0.2, -0.15) is 23.1 Å². The number of pyridine rings is 1.